The standard InChI is InChI=1S/C14H17NO2/c1-9-6-12(13(15)7-10(9)2)14-5-4-11(17-14)8-16-3/h4-7H,8,15H2,1-3H3. The van der Waals surface area contributed by atoms with Crippen molar-refractivity contribution in [2.24, 2.45) is 0 Å². The Labute approximate surface area is 101 Å². The van der Waals surface area contributed by atoms with Crippen molar-refractivity contribution in [3.8, 4) is 11.3 Å². The maximum absolute atomic E-state index is 6.01. The lowest BCUT2D eigenvalue weighted by atomic mass is 10.0. The molecule has 1 heterocycles. The number of nitrogen functional groups attached to an aromatic ring is 1. The van der Waals surface area contributed by atoms with Gasteiger partial charge in [-0.05, 0) is 49.2 Å². The van der Waals surface area contributed by atoms with Crippen LogP contribution in [0.2, 0.25) is 0 Å². The van der Waals surface area contributed by atoms with Crippen LogP contribution in [0, 0.1) is 13.8 Å². The quantitative estimate of drug-likeness (QED) is 0.824. The van der Waals surface area contributed by atoms with Crippen LogP contribution in [-0.4, -0.2) is 7.11 Å². The molecule has 0 aliphatic heterocycles. The second-order valence-corrected chi connectivity index (χ2v) is 4.22. The highest BCUT2D eigenvalue weighted by Gasteiger charge is 2.09. The lowest BCUT2D eigenvalue weighted by Crippen LogP contribution is -1.92. The summed E-state index contributed by atoms with van der Waals surface area (Å²) in [7, 11) is 1.65. The van der Waals surface area contributed by atoms with Crippen LogP contribution in [0.3, 0.4) is 0 Å². The number of nitrogens with two attached hydrogens (primary N) is 1. The molecule has 0 amide bonds. The maximum atomic E-state index is 6.01. The van der Waals surface area contributed by atoms with Gasteiger partial charge in [-0.25, -0.2) is 0 Å². The average molecular weight is 231 g/mol. The summed E-state index contributed by atoms with van der Waals surface area (Å²) in [6, 6.07) is 7.87. The summed E-state index contributed by atoms with van der Waals surface area (Å²) in [5, 5.41) is 0. The van der Waals surface area contributed by atoms with E-state index < -0.39 is 0 Å². The summed E-state index contributed by atoms with van der Waals surface area (Å²) in [5.74, 6) is 1.60. The van der Waals surface area contributed by atoms with Crippen molar-refractivity contribution in [1.29, 1.82) is 0 Å². The van der Waals surface area contributed by atoms with Crippen LogP contribution < -0.4 is 5.73 Å². The summed E-state index contributed by atoms with van der Waals surface area (Å²) in [4.78, 5) is 0. The van der Waals surface area contributed by atoms with Crippen molar-refractivity contribution in [2.75, 3.05) is 12.8 Å². The second-order valence-electron chi connectivity index (χ2n) is 4.22. The molecule has 3 nitrogen and oxygen atoms in total. The minimum atomic E-state index is 0.477. The van der Waals surface area contributed by atoms with Crippen molar-refractivity contribution in [3.63, 3.8) is 0 Å². The molecule has 2 aromatic rings. The van der Waals surface area contributed by atoms with Gasteiger partial charge >= 0.3 is 0 Å². The normalized spacial score (nSPS) is 10.8. The van der Waals surface area contributed by atoms with Crippen LogP contribution in [0.4, 0.5) is 5.69 Å². The molecule has 0 saturated carbocycles. The Morgan fingerprint density at radius 2 is 1.88 bits per heavy atom. The predicted octanol–water partition coefficient (Wildman–Crippen LogP) is 3.29. The first-order valence-electron chi connectivity index (χ1n) is 5.56. The van der Waals surface area contributed by atoms with E-state index in [0.717, 1.165) is 22.8 Å². The third-order valence-corrected chi connectivity index (χ3v) is 2.88. The highest BCUT2D eigenvalue weighted by molar-refractivity contribution is 5.74. The molecule has 0 radical (unpaired) electrons. The zero-order chi connectivity index (χ0) is 12.4. The van der Waals surface area contributed by atoms with Gasteiger partial charge in [0, 0.05) is 18.4 Å². The van der Waals surface area contributed by atoms with Gasteiger partial charge < -0.3 is 14.9 Å². The van der Waals surface area contributed by atoms with Gasteiger partial charge in [-0.2, -0.15) is 0 Å². The van der Waals surface area contributed by atoms with Crippen LogP contribution in [0.1, 0.15) is 16.9 Å². The monoisotopic (exact) mass is 231 g/mol. The molecule has 0 spiro atoms. The zero-order valence-corrected chi connectivity index (χ0v) is 10.4. The van der Waals surface area contributed by atoms with E-state index in [2.05, 4.69) is 13.0 Å². The smallest absolute Gasteiger partial charge is 0.136 e. The lowest BCUT2D eigenvalue weighted by molar-refractivity contribution is 0.165. The van der Waals surface area contributed by atoms with Crippen LogP contribution >= 0.6 is 0 Å². The Morgan fingerprint density at radius 1 is 1.18 bits per heavy atom. The number of anilines is 1. The van der Waals surface area contributed by atoms with E-state index in [1.165, 1.54) is 11.1 Å². The molecule has 0 unspecified atom stereocenters. The fourth-order valence-corrected chi connectivity index (χ4v) is 1.79. The Kier molecular flexibility index (Phi) is 3.20. The number of rotatable bonds is 3. The number of ether oxygens (including phenoxy) is 1. The minimum absolute atomic E-state index is 0.477. The molecule has 0 saturated heterocycles. The molecule has 3 heteroatoms. The zero-order valence-electron chi connectivity index (χ0n) is 10.4. The van der Waals surface area contributed by atoms with Crippen molar-refractivity contribution in [1.82, 2.24) is 0 Å². The number of aryl methyl sites for hydroxylation is 2. The van der Waals surface area contributed by atoms with Crippen molar-refractivity contribution in [3.05, 3.63) is 41.2 Å². The lowest BCUT2D eigenvalue weighted by Gasteiger charge is -2.07. The van der Waals surface area contributed by atoms with E-state index in [0.29, 0.717) is 6.61 Å². The van der Waals surface area contributed by atoms with Gasteiger partial charge in [-0.15, -0.1) is 0 Å². The molecule has 0 aliphatic rings. The topological polar surface area (TPSA) is 48.4 Å². The highest BCUT2D eigenvalue weighted by Crippen LogP contribution is 2.30. The Balaban J connectivity index is 2.41. The first-order chi connectivity index (χ1) is 8.11. The Morgan fingerprint density at radius 3 is 2.59 bits per heavy atom. The van der Waals surface area contributed by atoms with Crippen LogP contribution in [0.25, 0.3) is 11.3 Å². The summed E-state index contributed by atoms with van der Waals surface area (Å²) in [6.45, 7) is 4.59. The Bertz CT molecular complexity index is 529. The number of methoxy groups -OCH3 is 1. The fourth-order valence-electron chi connectivity index (χ4n) is 1.79. The highest BCUT2D eigenvalue weighted by atomic mass is 16.5. The molecule has 0 aliphatic carbocycles. The summed E-state index contributed by atoms with van der Waals surface area (Å²) < 4.78 is 10.7. The van der Waals surface area contributed by atoms with Gasteiger partial charge in [0.1, 0.15) is 18.1 Å². The first-order valence-corrected chi connectivity index (χ1v) is 5.56. The first kappa shape index (κ1) is 11.7. The van der Waals surface area contributed by atoms with Crippen LogP contribution in [0.5, 0.6) is 0 Å². The molecule has 0 fully saturated rings. The summed E-state index contributed by atoms with van der Waals surface area (Å²) in [5.41, 5.74) is 10.1. The van der Waals surface area contributed by atoms with E-state index in [-0.39, 0.29) is 0 Å². The van der Waals surface area contributed by atoms with Crippen molar-refractivity contribution in [2.45, 2.75) is 20.5 Å². The molecular formula is C14H17NO2. The van der Waals surface area contributed by atoms with E-state index in [1.54, 1.807) is 7.11 Å². The second kappa shape index (κ2) is 4.63. The summed E-state index contributed by atoms with van der Waals surface area (Å²) >= 11 is 0. The minimum Gasteiger partial charge on any atom is -0.459 e. The van der Waals surface area contributed by atoms with Gasteiger partial charge in [0.25, 0.3) is 0 Å². The summed E-state index contributed by atoms with van der Waals surface area (Å²) in [6.07, 6.45) is 0. The number of benzene rings is 1. The van der Waals surface area contributed by atoms with Gasteiger partial charge in [-0.1, -0.05) is 0 Å². The molecule has 1 aromatic heterocycles. The van der Waals surface area contributed by atoms with Gasteiger partial charge in [0.2, 0.25) is 0 Å². The SMILES string of the molecule is COCc1ccc(-c2cc(C)c(C)cc2N)o1. The van der Waals surface area contributed by atoms with Crippen molar-refractivity contribution >= 4 is 5.69 Å². The third kappa shape index (κ3) is 2.34. The fraction of sp³-hybridized carbons (Fsp3) is 0.286. The van der Waals surface area contributed by atoms with Crippen LogP contribution in [-0.2, 0) is 11.3 Å². The molecule has 1 aromatic carbocycles. The molecule has 17 heavy (non-hydrogen) atoms. The van der Waals surface area contributed by atoms with Gasteiger partial charge in [0.15, 0.2) is 0 Å². The molecule has 90 valence electrons. The Hall–Kier alpha value is -1.74. The molecule has 2 N–H and O–H groups in total. The van der Waals surface area contributed by atoms with Gasteiger partial charge in [0.05, 0.1) is 0 Å². The predicted molar refractivity (Wildman–Crippen MR) is 68.7 cm³/mol. The van der Waals surface area contributed by atoms with Crippen LogP contribution in [0.15, 0.2) is 28.7 Å². The molecule has 2 rings (SSSR count). The van der Waals surface area contributed by atoms with Crippen molar-refractivity contribution < 1.29 is 9.15 Å². The van der Waals surface area contributed by atoms with Gasteiger partial charge in [-0.3, -0.25) is 0 Å². The number of furan rings is 1. The van der Waals surface area contributed by atoms with E-state index >= 15 is 0 Å². The number of hydrogen-bond acceptors (Lipinski definition) is 3. The number of hydrogen-bond donors (Lipinski definition) is 1. The maximum Gasteiger partial charge on any atom is 0.136 e. The molecular weight excluding hydrogens is 214 g/mol. The molecule has 0 atom stereocenters. The van der Waals surface area contributed by atoms with E-state index in [1.807, 2.05) is 25.1 Å². The molecule has 0 bridgehead atoms. The van der Waals surface area contributed by atoms with E-state index in [4.69, 9.17) is 14.9 Å². The third-order valence-electron chi connectivity index (χ3n) is 2.88. The average Bonchev–Trinajstić information content (AvgIpc) is 2.72. The van der Waals surface area contributed by atoms with E-state index in [9.17, 15) is 0 Å². The largest absolute Gasteiger partial charge is 0.459 e.